The maximum absolute atomic E-state index is 12.2. The molecule has 0 aliphatic carbocycles. The number of rotatable bonds is 5. The number of aromatic nitrogens is 3. The Labute approximate surface area is 126 Å². The van der Waals surface area contributed by atoms with Gasteiger partial charge in [-0.2, -0.15) is 5.10 Å². The summed E-state index contributed by atoms with van der Waals surface area (Å²) >= 11 is 3.06. The first-order valence-corrected chi connectivity index (χ1v) is 8.38. The van der Waals surface area contributed by atoms with Gasteiger partial charge < -0.3 is 4.90 Å². The molecule has 0 fully saturated rings. The van der Waals surface area contributed by atoms with Crippen molar-refractivity contribution in [3.63, 3.8) is 0 Å². The Balaban J connectivity index is 1.98. The molecule has 2 heterocycles. The zero-order chi connectivity index (χ0) is 14.7. The number of carbonyl (C=O) groups excluding carboxylic acids is 1. The third-order valence-electron chi connectivity index (χ3n) is 3.20. The number of aromatic amines is 1. The van der Waals surface area contributed by atoms with Crippen LogP contribution in [0.2, 0.25) is 0 Å². The van der Waals surface area contributed by atoms with Crippen molar-refractivity contribution in [2.75, 3.05) is 19.8 Å². The molecule has 0 radical (unpaired) electrons. The van der Waals surface area contributed by atoms with Gasteiger partial charge in [0.1, 0.15) is 10.0 Å². The van der Waals surface area contributed by atoms with Crippen molar-refractivity contribution in [2.45, 2.75) is 24.6 Å². The molecule has 2 rings (SSSR count). The number of H-pyrrole nitrogens is 1. The van der Waals surface area contributed by atoms with E-state index in [1.165, 1.54) is 16.9 Å². The lowest BCUT2D eigenvalue weighted by Crippen LogP contribution is -2.29. The molecule has 0 saturated carbocycles. The van der Waals surface area contributed by atoms with Crippen LogP contribution in [-0.2, 0) is 6.42 Å². The van der Waals surface area contributed by atoms with Crippen molar-refractivity contribution in [2.24, 2.45) is 0 Å². The summed E-state index contributed by atoms with van der Waals surface area (Å²) in [6.07, 6.45) is 2.76. The number of nitrogens with one attached hydrogen (secondary N) is 1. The van der Waals surface area contributed by atoms with Gasteiger partial charge in [0.15, 0.2) is 0 Å². The van der Waals surface area contributed by atoms with Crippen molar-refractivity contribution in [3.8, 4) is 0 Å². The number of thiazole rings is 1. The van der Waals surface area contributed by atoms with Crippen LogP contribution in [0.5, 0.6) is 0 Å². The molecule has 0 saturated heterocycles. The number of hydrogen-bond donors (Lipinski definition) is 1. The second-order valence-electron chi connectivity index (χ2n) is 4.59. The van der Waals surface area contributed by atoms with E-state index in [4.69, 9.17) is 0 Å². The quantitative estimate of drug-likeness (QED) is 0.862. The standard InChI is InChI=1S/C13H18N4OS2/c1-8-10(9(2)16-15-8)5-6-17(3)12(18)11-7-20-13(14-11)19-4/h7H,5-6H2,1-4H3,(H,15,16). The predicted octanol–water partition coefficient (Wildman–Crippen LogP) is 2.52. The van der Waals surface area contributed by atoms with E-state index in [0.717, 1.165) is 22.1 Å². The summed E-state index contributed by atoms with van der Waals surface area (Å²) in [5.74, 6) is -0.0275. The van der Waals surface area contributed by atoms with Crippen LogP contribution in [0.1, 0.15) is 27.4 Å². The van der Waals surface area contributed by atoms with E-state index in [1.54, 1.807) is 16.7 Å². The molecule has 0 unspecified atom stereocenters. The van der Waals surface area contributed by atoms with Gasteiger partial charge in [-0.15, -0.1) is 11.3 Å². The second-order valence-corrected chi connectivity index (χ2v) is 6.50. The Bertz CT molecular complexity index is 586. The van der Waals surface area contributed by atoms with Gasteiger partial charge in [0.2, 0.25) is 0 Å². The average Bonchev–Trinajstić information content (AvgIpc) is 3.03. The highest BCUT2D eigenvalue weighted by molar-refractivity contribution is 8.00. The SMILES string of the molecule is CSc1nc(C(=O)N(C)CCc2c(C)n[nH]c2C)cs1. The smallest absolute Gasteiger partial charge is 0.273 e. The largest absolute Gasteiger partial charge is 0.340 e. The molecule has 0 bridgehead atoms. The summed E-state index contributed by atoms with van der Waals surface area (Å²) in [7, 11) is 1.81. The third-order valence-corrected chi connectivity index (χ3v) is 5.06. The van der Waals surface area contributed by atoms with Crippen LogP contribution in [0.15, 0.2) is 9.72 Å². The van der Waals surface area contributed by atoms with E-state index in [2.05, 4.69) is 15.2 Å². The van der Waals surface area contributed by atoms with Crippen molar-refractivity contribution < 1.29 is 4.79 Å². The number of carbonyl (C=O) groups is 1. The lowest BCUT2D eigenvalue weighted by atomic mass is 10.1. The maximum atomic E-state index is 12.2. The van der Waals surface area contributed by atoms with Gasteiger partial charge in [-0.1, -0.05) is 11.8 Å². The van der Waals surface area contributed by atoms with Crippen molar-refractivity contribution in [1.29, 1.82) is 0 Å². The Morgan fingerprint density at radius 3 is 2.80 bits per heavy atom. The zero-order valence-corrected chi connectivity index (χ0v) is 13.7. The molecule has 0 aliphatic heterocycles. The number of aryl methyl sites for hydroxylation is 2. The highest BCUT2D eigenvalue weighted by atomic mass is 32.2. The summed E-state index contributed by atoms with van der Waals surface area (Å²) in [4.78, 5) is 18.3. The summed E-state index contributed by atoms with van der Waals surface area (Å²) in [5, 5.41) is 8.95. The predicted molar refractivity (Wildman–Crippen MR) is 82.6 cm³/mol. The zero-order valence-electron chi connectivity index (χ0n) is 12.1. The Kier molecular flexibility index (Phi) is 4.82. The first-order chi connectivity index (χ1) is 9.52. The number of hydrogen-bond acceptors (Lipinski definition) is 5. The molecule has 1 amide bonds. The fourth-order valence-corrected chi connectivity index (χ4v) is 3.20. The van der Waals surface area contributed by atoms with E-state index >= 15 is 0 Å². The van der Waals surface area contributed by atoms with E-state index < -0.39 is 0 Å². The summed E-state index contributed by atoms with van der Waals surface area (Å²) in [6, 6.07) is 0. The minimum Gasteiger partial charge on any atom is -0.340 e. The van der Waals surface area contributed by atoms with Gasteiger partial charge in [-0.25, -0.2) is 4.98 Å². The molecule has 0 aromatic carbocycles. The fraction of sp³-hybridized carbons (Fsp3) is 0.462. The Morgan fingerprint density at radius 2 is 2.25 bits per heavy atom. The number of nitrogens with zero attached hydrogens (tertiary/aromatic N) is 3. The van der Waals surface area contributed by atoms with Crippen LogP contribution >= 0.6 is 23.1 Å². The molecule has 2 aromatic heterocycles. The van der Waals surface area contributed by atoms with Gasteiger partial charge in [0.25, 0.3) is 5.91 Å². The number of likely N-dealkylation sites (N-methyl/N-ethyl adjacent to an activating group) is 1. The van der Waals surface area contributed by atoms with E-state index in [9.17, 15) is 4.79 Å². The fourth-order valence-electron chi connectivity index (χ4n) is 1.97. The average molecular weight is 310 g/mol. The van der Waals surface area contributed by atoms with Gasteiger partial charge in [-0.3, -0.25) is 9.89 Å². The summed E-state index contributed by atoms with van der Waals surface area (Å²) in [6.45, 7) is 4.64. The van der Waals surface area contributed by atoms with Crippen LogP contribution in [0.3, 0.4) is 0 Å². The topological polar surface area (TPSA) is 61.9 Å². The van der Waals surface area contributed by atoms with Gasteiger partial charge in [0.05, 0.1) is 5.69 Å². The normalized spacial score (nSPS) is 10.8. The van der Waals surface area contributed by atoms with E-state index in [1.807, 2.05) is 32.5 Å². The van der Waals surface area contributed by atoms with Crippen molar-refractivity contribution >= 4 is 29.0 Å². The molecule has 0 spiro atoms. The highest BCUT2D eigenvalue weighted by Gasteiger charge is 2.16. The molecule has 108 valence electrons. The monoisotopic (exact) mass is 310 g/mol. The van der Waals surface area contributed by atoms with Crippen LogP contribution < -0.4 is 0 Å². The van der Waals surface area contributed by atoms with Gasteiger partial charge in [-0.05, 0) is 32.1 Å². The molecular formula is C13H18N4OS2. The third kappa shape index (κ3) is 3.21. The molecule has 7 heteroatoms. The first-order valence-electron chi connectivity index (χ1n) is 6.28. The lowest BCUT2D eigenvalue weighted by Gasteiger charge is -2.15. The van der Waals surface area contributed by atoms with E-state index in [-0.39, 0.29) is 5.91 Å². The highest BCUT2D eigenvalue weighted by Crippen LogP contribution is 2.20. The summed E-state index contributed by atoms with van der Waals surface area (Å²) < 4.78 is 0.920. The number of thioether (sulfide) groups is 1. The number of amides is 1. The van der Waals surface area contributed by atoms with Crippen LogP contribution in [0, 0.1) is 13.8 Å². The molecule has 2 aromatic rings. The minimum absolute atomic E-state index is 0.0275. The van der Waals surface area contributed by atoms with Gasteiger partial charge >= 0.3 is 0 Å². The molecule has 0 atom stereocenters. The Hall–Kier alpha value is -1.34. The first kappa shape index (κ1) is 15.1. The molecule has 0 aliphatic rings. The Morgan fingerprint density at radius 1 is 1.50 bits per heavy atom. The molecule has 1 N–H and O–H groups in total. The van der Waals surface area contributed by atoms with Crippen molar-refractivity contribution in [3.05, 3.63) is 28.0 Å². The second kappa shape index (κ2) is 6.41. The van der Waals surface area contributed by atoms with Gasteiger partial charge in [0, 0.05) is 24.7 Å². The molecule has 20 heavy (non-hydrogen) atoms. The van der Waals surface area contributed by atoms with Crippen LogP contribution in [-0.4, -0.2) is 45.8 Å². The minimum atomic E-state index is -0.0275. The van der Waals surface area contributed by atoms with E-state index in [0.29, 0.717) is 12.2 Å². The molecule has 5 nitrogen and oxygen atoms in total. The lowest BCUT2D eigenvalue weighted by molar-refractivity contribution is 0.0791. The molecular weight excluding hydrogens is 292 g/mol. The maximum Gasteiger partial charge on any atom is 0.273 e. The van der Waals surface area contributed by atoms with Crippen LogP contribution in [0.4, 0.5) is 0 Å². The van der Waals surface area contributed by atoms with Crippen molar-refractivity contribution in [1.82, 2.24) is 20.1 Å². The van der Waals surface area contributed by atoms with Crippen LogP contribution in [0.25, 0.3) is 0 Å². The summed E-state index contributed by atoms with van der Waals surface area (Å²) in [5.41, 5.74) is 3.79.